The summed E-state index contributed by atoms with van der Waals surface area (Å²) in [6.07, 6.45) is 0. The highest BCUT2D eigenvalue weighted by atomic mass is 16.5. The first-order chi connectivity index (χ1) is 10.2. The summed E-state index contributed by atoms with van der Waals surface area (Å²) >= 11 is 0. The van der Waals surface area contributed by atoms with E-state index in [0.717, 1.165) is 16.8 Å². The molecule has 3 rings (SSSR count). The standard InChI is InChI=1S/C16H13N3O2/c1-11(20)17-14-9-7-12(8-10-14)15-18-16(21-19-15)13-5-3-2-4-6-13/h2-10H,1H3,(H,17,20). The Morgan fingerprint density at radius 2 is 1.71 bits per heavy atom. The summed E-state index contributed by atoms with van der Waals surface area (Å²) < 4.78 is 5.27. The first-order valence-corrected chi connectivity index (χ1v) is 6.49. The van der Waals surface area contributed by atoms with E-state index in [0.29, 0.717) is 11.7 Å². The van der Waals surface area contributed by atoms with E-state index in [1.54, 1.807) is 12.1 Å². The van der Waals surface area contributed by atoms with Gasteiger partial charge in [-0.25, -0.2) is 0 Å². The molecule has 5 nitrogen and oxygen atoms in total. The van der Waals surface area contributed by atoms with Crippen LogP contribution in [0.4, 0.5) is 5.69 Å². The molecule has 0 bridgehead atoms. The number of carbonyl (C=O) groups is 1. The highest BCUT2D eigenvalue weighted by Crippen LogP contribution is 2.23. The molecule has 0 spiro atoms. The van der Waals surface area contributed by atoms with Crippen molar-refractivity contribution in [1.82, 2.24) is 10.1 Å². The number of hydrogen-bond acceptors (Lipinski definition) is 4. The molecule has 0 aliphatic carbocycles. The molecule has 0 atom stereocenters. The molecule has 5 heteroatoms. The third-order valence-electron chi connectivity index (χ3n) is 2.91. The second-order valence-electron chi connectivity index (χ2n) is 4.55. The zero-order chi connectivity index (χ0) is 14.7. The molecule has 0 saturated heterocycles. The lowest BCUT2D eigenvalue weighted by Crippen LogP contribution is -2.05. The lowest BCUT2D eigenvalue weighted by Gasteiger charge is -2.01. The Bertz CT molecular complexity index is 749. The minimum absolute atomic E-state index is 0.103. The van der Waals surface area contributed by atoms with Crippen LogP contribution in [0, 0.1) is 0 Å². The Morgan fingerprint density at radius 3 is 2.38 bits per heavy atom. The van der Waals surface area contributed by atoms with Crippen LogP contribution in [-0.2, 0) is 4.79 Å². The van der Waals surface area contributed by atoms with Gasteiger partial charge >= 0.3 is 0 Å². The van der Waals surface area contributed by atoms with E-state index in [9.17, 15) is 4.79 Å². The number of nitrogens with zero attached hydrogens (tertiary/aromatic N) is 2. The van der Waals surface area contributed by atoms with Crippen LogP contribution >= 0.6 is 0 Å². The topological polar surface area (TPSA) is 68.0 Å². The Kier molecular flexibility index (Phi) is 3.47. The van der Waals surface area contributed by atoms with Crippen molar-refractivity contribution in [3.63, 3.8) is 0 Å². The smallest absolute Gasteiger partial charge is 0.258 e. The van der Waals surface area contributed by atoms with Crippen LogP contribution in [0.25, 0.3) is 22.8 Å². The predicted octanol–water partition coefficient (Wildman–Crippen LogP) is 3.36. The third-order valence-corrected chi connectivity index (χ3v) is 2.91. The molecular weight excluding hydrogens is 266 g/mol. The molecule has 0 aliphatic heterocycles. The molecule has 1 amide bonds. The van der Waals surface area contributed by atoms with Crippen LogP contribution in [0.5, 0.6) is 0 Å². The zero-order valence-electron chi connectivity index (χ0n) is 11.4. The van der Waals surface area contributed by atoms with Crippen molar-refractivity contribution in [3.8, 4) is 22.8 Å². The van der Waals surface area contributed by atoms with E-state index in [4.69, 9.17) is 4.52 Å². The van der Waals surface area contributed by atoms with Crippen molar-refractivity contribution in [2.45, 2.75) is 6.92 Å². The number of rotatable bonds is 3. The number of aromatic nitrogens is 2. The first kappa shape index (κ1) is 13.1. The first-order valence-electron chi connectivity index (χ1n) is 6.49. The maximum atomic E-state index is 11.0. The number of hydrogen-bond donors (Lipinski definition) is 1. The van der Waals surface area contributed by atoms with Gasteiger partial charge in [0.2, 0.25) is 11.7 Å². The van der Waals surface area contributed by atoms with Gasteiger partial charge in [-0.15, -0.1) is 0 Å². The van der Waals surface area contributed by atoms with Crippen LogP contribution in [0.15, 0.2) is 59.1 Å². The summed E-state index contributed by atoms with van der Waals surface area (Å²) in [5.41, 5.74) is 2.44. The average molecular weight is 279 g/mol. The van der Waals surface area contributed by atoms with Crippen LogP contribution < -0.4 is 5.32 Å². The lowest BCUT2D eigenvalue weighted by molar-refractivity contribution is -0.114. The monoisotopic (exact) mass is 279 g/mol. The molecular formula is C16H13N3O2. The summed E-state index contributed by atoms with van der Waals surface area (Å²) in [6, 6.07) is 16.9. The van der Waals surface area contributed by atoms with Crippen LogP contribution in [0.3, 0.4) is 0 Å². The van der Waals surface area contributed by atoms with Crippen LogP contribution in [0.1, 0.15) is 6.92 Å². The van der Waals surface area contributed by atoms with Crippen molar-refractivity contribution in [2.75, 3.05) is 5.32 Å². The number of amides is 1. The van der Waals surface area contributed by atoms with Gasteiger partial charge in [-0.1, -0.05) is 23.4 Å². The van der Waals surface area contributed by atoms with Gasteiger partial charge in [0.25, 0.3) is 5.89 Å². The van der Waals surface area contributed by atoms with E-state index >= 15 is 0 Å². The van der Waals surface area contributed by atoms with Gasteiger partial charge in [-0.3, -0.25) is 4.79 Å². The lowest BCUT2D eigenvalue weighted by atomic mass is 10.2. The highest BCUT2D eigenvalue weighted by molar-refractivity contribution is 5.88. The summed E-state index contributed by atoms with van der Waals surface area (Å²) in [5, 5.41) is 6.69. The average Bonchev–Trinajstić information content (AvgIpc) is 2.98. The summed E-state index contributed by atoms with van der Waals surface area (Å²) in [5.74, 6) is 0.897. The maximum Gasteiger partial charge on any atom is 0.258 e. The maximum absolute atomic E-state index is 11.0. The normalized spacial score (nSPS) is 10.3. The third kappa shape index (κ3) is 2.97. The van der Waals surface area contributed by atoms with Crippen LogP contribution in [-0.4, -0.2) is 16.0 Å². The Labute approximate surface area is 121 Å². The predicted molar refractivity (Wildman–Crippen MR) is 79.5 cm³/mol. The molecule has 0 radical (unpaired) electrons. The molecule has 104 valence electrons. The fourth-order valence-corrected chi connectivity index (χ4v) is 1.94. The van der Waals surface area contributed by atoms with Crippen molar-refractivity contribution < 1.29 is 9.32 Å². The van der Waals surface area contributed by atoms with Crippen molar-refractivity contribution in [1.29, 1.82) is 0 Å². The molecule has 2 aromatic carbocycles. The Hall–Kier alpha value is -2.95. The summed E-state index contributed by atoms with van der Waals surface area (Å²) in [7, 11) is 0. The Balaban J connectivity index is 1.85. The van der Waals surface area contributed by atoms with E-state index in [2.05, 4.69) is 15.5 Å². The van der Waals surface area contributed by atoms with Crippen LogP contribution in [0.2, 0.25) is 0 Å². The van der Waals surface area contributed by atoms with E-state index in [-0.39, 0.29) is 5.91 Å². The highest BCUT2D eigenvalue weighted by Gasteiger charge is 2.10. The Morgan fingerprint density at radius 1 is 1.00 bits per heavy atom. The molecule has 0 unspecified atom stereocenters. The molecule has 3 aromatic rings. The van der Waals surface area contributed by atoms with Gasteiger partial charge in [-0.05, 0) is 36.4 Å². The van der Waals surface area contributed by atoms with Crippen molar-refractivity contribution >= 4 is 11.6 Å². The van der Waals surface area contributed by atoms with Gasteiger partial charge in [-0.2, -0.15) is 4.98 Å². The molecule has 0 saturated carbocycles. The zero-order valence-corrected chi connectivity index (χ0v) is 11.4. The second kappa shape index (κ2) is 5.58. The fraction of sp³-hybridized carbons (Fsp3) is 0.0625. The van der Waals surface area contributed by atoms with Gasteiger partial charge in [0.05, 0.1) is 0 Å². The van der Waals surface area contributed by atoms with E-state index < -0.39 is 0 Å². The largest absolute Gasteiger partial charge is 0.334 e. The second-order valence-corrected chi connectivity index (χ2v) is 4.55. The minimum Gasteiger partial charge on any atom is -0.334 e. The SMILES string of the molecule is CC(=O)Nc1ccc(-c2noc(-c3ccccc3)n2)cc1. The fourth-order valence-electron chi connectivity index (χ4n) is 1.94. The number of anilines is 1. The van der Waals surface area contributed by atoms with Gasteiger partial charge in [0.15, 0.2) is 0 Å². The van der Waals surface area contributed by atoms with Gasteiger partial charge in [0, 0.05) is 23.7 Å². The van der Waals surface area contributed by atoms with E-state index in [1.807, 2.05) is 42.5 Å². The van der Waals surface area contributed by atoms with Crippen molar-refractivity contribution in [3.05, 3.63) is 54.6 Å². The van der Waals surface area contributed by atoms with Gasteiger partial charge in [0.1, 0.15) is 0 Å². The molecule has 1 N–H and O–H groups in total. The minimum atomic E-state index is -0.103. The number of nitrogens with one attached hydrogen (secondary N) is 1. The van der Waals surface area contributed by atoms with E-state index in [1.165, 1.54) is 6.92 Å². The quantitative estimate of drug-likeness (QED) is 0.798. The van der Waals surface area contributed by atoms with Gasteiger partial charge < -0.3 is 9.84 Å². The molecule has 0 fully saturated rings. The summed E-state index contributed by atoms with van der Waals surface area (Å²) in [6.45, 7) is 1.47. The molecule has 1 heterocycles. The molecule has 0 aliphatic rings. The number of benzene rings is 2. The molecule has 1 aromatic heterocycles. The number of carbonyl (C=O) groups excluding carboxylic acids is 1. The summed E-state index contributed by atoms with van der Waals surface area (Å²) in [4.78, 5) is 15.4. The molecule has 21 heavy (non-hydrogen) atoms. The van der Waals surface area contributed by atoms with Crippen molar-refractivity contribution in [2.24, 2.45) is 0 Å².